The second-order valence-electron chi connectivity index (χ2n) is 9.74. The van der Waals surface area contributed by atoms with Gasteiger partial charge < -0.3 is 4.90 Å². The predicted octanol–water partition coefficient (Wildman–Crippen LogP) is 5.87. The Morgan fingerprint density at radius 3 is 2.06 bits per heavy atom. The molecule has 2 heterocycles. The van der Waals surface area contributed by atoms with Crippen LogP contribution in [0, 0.1) is 0 Å². The SMILES string of the molecule is CCN(C(C)=O)C(=O)N1CCCCC1N1CCC(=C2c3ccccc3C=Cc3ccccc32)CC1. The molecule has 0 bridgehead atoms. The van der Waals surface area contributed by atoms with Gasteiger partial charge in [0.05, 0.1) is 6.17 Å². The number of hydrogen-bond donors (Lipinski definition) is 0. The molecule has 2 aliphatic heterocycles. The number of carbonyl (C=O) groups is 2. The van der Waals surface area contributed by atoms with E-state index in [9.17, 15) is 9.59 Å². The van der Waals surface area contributed by atoms with E-state index in [0.29, 0.717) is 6.54 Å². The maximum absolute atomic E-state index is 13.2. The molecule has 3 aliphatic rings. The Bertz CT molecular complexity index is 1120. The van der Waals surface area contributed by atoms with Crippen molar-refractivity contribution < 1.29 is 9.59 Å². The van der Waals surface area contributed by atoms with E-state index in [4.69, 9.17) is 0 Å². The van der Waals surface area contributed by atoms with Crippen LogP contribution in [0.25, 0.3) is 17.7 Å². The van der Waals surface area contributed by atoms with Crippen LogP contribution >= 0.6 is 0 Å². The van der Waals surface area contributed by atoms with E-state index in [2.05, 4.69) is 65.6 Å². The minimum atomic E-state index is -0.174. The number of nitrogens with zero attached hydrogens (tertiary/aromatic N) is 3. The van der Waals surface area contributed by atoms with E-state index < -0.39 is 0 Å². The fourth-order valence-corrected chi connectivity index (χ4v) is 5.95. The normalized spacial score (nSPS) is 20.2. The fourth-order valence-electron chi connectivity index (χ4n) is 5.95. The van der Waals surface area contributed by atoms with Crippen molar-refractivity contribution in [3.05, 3.63) is 76.4 Å². The van der Waals surface area contributed by atoms with Crippen molar-refractivity contribution in [2.75, 3.05) is 26.2 Å². The lowest BCUT2D eigenvalue weighted by atomic mass is 9.86. The molecule has 0 saturated carbocycles. The predicted molar refractivity (Wildman–Crippen MR) is 141 cm³/mol. The molecule has 5 rings (SSSR count). The second-order valence-corrected chi connectivity index (χ2v) is 9.74. The number of imide groups is 1. The molecule has 35 heavy (non-hydrogen) atoms. The zero-order chi connectivity index (χ0) is 24.4. The van der Waals surface area contributed by atoms with Gasteiger partial charge in [0.15, 0.2) is 0 Å². The van der Waals surface area contributed by atoms with Crippen molar-refractivity contribution in [3.8, 4) is 0 Å². The average molecular weight is 470 g/mol. The van der Waals surface area contributed by atoms with Crippen molar-refractivity contribution in [1.82, 2.24) is 14.7 Å². The zero-order valence-electron chi connectivity index (χ0n) is 20.9. The number of hydrogen-bond acceptors (Lipinski definition) is 3. The van der Waals surface area contributed by atoms with Crippen LogP contribution in [0.15, 0.2) is 54.1 Å². The molecule has 2 aromatic rings. The van der Waals surface area contributed by atoms with Crippen LogP contribution in [0.2, 0.25) is 0 Å². The summed E-state index contributed by atoms with van der Waals surface area (Å²) in [5, 5.41) is 0. The molecule has 2 saturated heterocycles. The van der Waals surface area contributed by atoms with Gasteiger partial charge in [-0.1, -0.05) is 66.3 Å². The molecule has 0 spiro atoms. The Hall–Kier alpha value is -3.18. The summed E-state index contributed by atoms with van der Waals surface area (Å²) in [5.41, 5.74) is 8.03. The van der Waals surface area contributed by atoms with Crippen molar-refractivity contribution >= 4 is 29.7 Å². The fraction of sp³-hybridized carbons (Fsp3) is 0.400. The first-order chi connectivity index (χ1) is 17.1. The quantitative estimate of drug-likeness (QED) is 0.472. The number of carbonyl (C=O) groups excluding carboxylic acids is 2. The average Bonchev–Trinajstić information content (AvgIpc) is 3.06. The first-order valence-corrected chi connectivity index (χ1v) is 13.0. The summed E-state index contributed by atoms with van der Waals surface area (Å²) in [7, 11) is 0. The maximum atomic E-state index is 13.2. The third-order valence-corrected chi connectivity index (χ3v) is 7.72. The van der Waals surface area contributed by atoms with Gasteiger partial charge >= 0.3 is 6.03 Å². The van der Waals surface area contributed by atoms with E-state index in [1.807, 2.05) is 11.8 Å². The van der Waals surface area contributed by atoms with Crippen LogP contribution in [-0.4, -0.2) is 59.0 Å². The van der Waals surface area contributed by atoms with Gasteiger partial charge in [0, 0.05) is 33.1 Å². The minimum absolute atomic E-state index is 0.0755. The standard InChI is InChI=1S/C30H35N3O2/c1-3-32(22(2)34)30(35)33-19-9-8-14-28(33)31-20-17-25(18-21-31)29-26-12-6-4-10-23(26)15-16-24-11-5-7-13-27(24)29/h4-7,10-13,15-16,28H,3,8-9,14,17-21H2,1-2H3. The lowest BCUT2D eigenvalue weighted by Gasteiger charge is -2.45. The van der Waals surface area contributed by atoms with Gasteiger partial charge in [-0.25, -0.2) is 4.79 Å². The van der Waals surface area contributed by atoms with Gasteiger partial charge in [-0.15, -0.1) is 0 Å². The van der Waals surface area contributed by atoms with Gasteiger partial charge in [0.1, 0.15) is 0 Å². The molecule has 5 nitrogen and oxygen atoms in total. The van der Waals surface area contributed by atoms with Crippen LogP contribution in [-0.2, 0) is 4.79 Å². The van der Waals surface area contributed by atoms with Crippen molar-refractivity contribution in [3.63, 3.8) is 0 Å². The van der Waals surface area contributed by atoms with Crippen LogP contribution in [0.3, 0.4) is 0 Å². The molecular weight excluding hydrogens is 434 g/mol. The van der Waals surface area contributed by atoms with Crippen LogP contribution in [0.5, 0.6) is 0 Å². The zero-order valence-corrected chi connectivity index (χ0v) is 20.9. The number of rotatable bonds is 2. The molecule has 3 amide bonds. The molecule has 1 unspecified atom stereocenters. The third-order valence-electron chi connectivity index (χ3n) is 7.72. The van der Waals surface area contributed by atoms with E-state index >= 15 is 0 Å². The van der Waals surface area contributed by atoms with E-state index in [1.165, 1.54) is 45.2 Å². The molecule has 0 aromatic heterocycles. The van der Waals surface area contributed by atoms with E-state index in [-0.39, 0.29) is 18.1 Å². The van der Waals surface area contributed by atoms with E-state index in [1.54, 1.807) is 0 Å². The molecule has 182 valence electrons. The highest BCUT2D eigenvalue weighted by Crippen LogP contribution is 2.39. The highest BCUT2D eigenvalue weighted by Gasteiger charge is 2.36. The minimum Gasteiger partial charge on any atom is -0.309 e. The molecule has 1 aliphatic carbocycles. The number of amides is 3. The molecule has 2 fully saturated rings. The molecule has 2 aromatic carbocycles. The van der Waals surface area contributed by atoms with Crippen LogP contribution in [0.1, 0.15) is 68.2 Å². The monoisotopic (exact) mass is 469 g/mol. The molecule has 0 N–H and O–H groups in total. The lowest BCUT2D eigenvalue weighted by molar-refractivity contribution is -0.126. The Balaban J connectivity index is 1.42. The first kappa shape index (κ1) is 23.6. The summed E-state index contributed by atoms with van der Waals surface area (Å²) >= 11 is 0. The van der Waals surface area contributed by atoms with Crippen LogP contribution < -0.4 is 0 Å². The first-order valence-electron chi connectivity index (χ1n) is 13.0. The van der Waals surface area contributed by atoms with Gasteiger partial charge in [-0.3, -0.25) is 14.6 Å². The number of piperidine rings is 2. The Labute approximate surface area is 208 Å². The lowest BCUT2D eigenvalue weighted by Crippen LogP contribution is -2.58. The summed E-state index contributed by atoms with van der Waals surface area (Å²) in [4.78, 5) is 31.1. The van der Waals surface area contributed by atoms with Gasteiger partial charge in [-0.05, 0) is 66.9 Å². The topological polar surface area (TPSA) is 43.9 Å². The number of likely N-dealkylation sites (tertiary alicyclic amines) is 2. The molecule has 1 atom stereocenters. The number of benzene rings is 2. The summed E-state index contributed by atoms with van der Waals surface area (Å²) in [5.74, 6) is -0.174. The molecule has 5 heteroatoms. The number of fused-ring (bicyclic) bond motifs is 2. The number of urea groups is 1. The Kier molecular flexibility index (Phi) is 6.87. The second kappa shape index (κ2) is 10.2. The smallest absolute Gasteiger partial charge is 0.309 e. The summed E-state index contributed by atoms with van der Waals surface area (Å²) in [6, 6.07) is 17.3. The molecular formula is C30H35N3O2. The highest BCUT2D eigenvalue weighted by molar-refractivity contribution is 5.95. The molecule has 0 radical (unpaired) electrons. The third kappa shape index (κ3) is 4.57. The largest absolute Gasteiger partial charge is 0.327 e. The van der Waals surface area contributed by atoms with Crippen molar-refractivity contribution in [1.29, 1.82) is 0 Å². The Morgan fingerprint density at radius 1 is 0.886 bits per heavy atom. The van der Waals surface area contributed by atoms with Gasteiger partial charge in [0.25, 0.3) is 0 Å². The maximum Gasteiger partial charge on any atom is 0.327 e. The van der Waals surface area contributed by atoms with Gasteiger partial charge in [0.2, 0.25) is 5.91 Å². The summed E-state index contributed by atoms with van der Waals surface area (Å²) in [6.07, 6.45) is 9.61. The highest BCUT2D eigenvalue weighted by atomic mass is 16.2. The van der Waals surface area contributed by atoms with Crippen molar-refractivity contribution in [2.24, 2.45) is 0 Å². The van der Waals surface area contributed by atoms with Crippen molar-refractivity contribution in [2.45, 2.75) is 52.1 Å². The van der Waals surface area contributed by atoms with Crippen LogP contribution in [0.4, 0.5) is 4.79 Å². The summed E-state index contributed by atoms with van der Waals surface area (Å²) in [6.45, 7) is 6.35. The summed E-state index contributed by atoms with van der Waals surface area (Å²) < 4.78 is 0. The van der Waals surface area contributed by atoms with E-state index in [0.717, 1.165) is 51.7 Å². The Morgan fingerprint density at radius 2 is 1.49 bits per heavy atom. The van der Waals surface area contributed by atoms with Gasteiger partial charge in [-0.2, -0.15) is 0 Å².